The predicted octanol–water partition coefficient (Wildman–Crippen LogP) is 4.99. The van der Waals surface area contributed by atoms with Crippen LogP contribution in [0, 0.1) is 0 Å². The van der Waals surface area contributed by atoms with Gasteiger partial charge in [0.2, 0.25) is 0 Å². The second-order valence-corrected chi connectivity index (χ2v) is 8.32. The third kappa shape index (κ3) is 7.30. The minimum absolute atomic E-state index is 0.0899. The molecule has 2 aliphatic rings. The van der Waals surface area contributed by atoms with Crippen LogP contribution in [-0.4, -0.2) is 44.4 Å². The first-order valence-electron chi connectivity index (χ1n) is 11.5. The minimum Gasteiger partial charge on any atom is -0.490 e. The maximum Gasteiger partial charge on any atom is 0.178 e. The molecule has 4 rings (SSSR count). The standard InChI is InChI=1S/C29H30O5/c1-3-5-23-15-21(9-13-28(23)33-19-26-17-31-26)7-11-25(30)12-8-22-10-14-29(24(16-22)6-4-2)34-20-27-18-32-27/h3-4,7-16,26-27H,1-2,5-6,17-20H2. The molecule has 0 bridgehead atoms. The fraction of sp³-hybridized carbons (Fsp3) is 0.276. The normalized spacial score (nSPS) is 18.7. The van der Waals surface area contributed by atoms with Gasteiger partial charge in [0.25, 0.3) is 0 Å². The van der Waals surface area contributed by atoms with Crippen molar-refractivity contribution in [1.29, 1.82) is 0 Å². The van der Waals surface area contributed by atoms with E-state index in [2.05, 4.69) is 13.2 Å². The van der Waals surface area contributed by atoms with E-state index in [0.717, 1.165) is 47.0 Å². The van der Waals surface area contributed by atoms with Crippen molar-refractivity contribution >= 4 is 17.9 Å². The number of hydrogen-bond acceptors (Lipinski definition) is 5. The first-order chi connectivity index (χ1) is 16.6. The third-order valence-electron chi connectivity index (χ3n) is 5.43. The molecule has 5 nitrogen and oxygen atoms in total. The Balaban J connectivity index is 1.38. The van der Waals surface area contributed by atoms with Crippen LogP contribution in [0.1, 0.15) is 22.3 Å². The zero-order valence-corrected chi connectivity index (χ0v) is 19.3. The van der Waals surface area contributed by atoms with Crippen LogP contribution < -0.4 is 9.47 Å². The number of hydrogen-bond donors (Lipinski definition) is 0. The molecule has 0 aliphatic carbocycles. The van der Waals surface area contributed by atoms with E-state index < -0.39 is 0 Å². The van der Waals surface area contributed by atoms with Gasteiger partial charge in [-0.25, -0.2) is 0 Å². The molecule has 2 aliphatic heterocycles. The summed E-state index contributed by atoms with van der Waals surface area (Å²) in [7, 11) is 0. The van der Waals surface area contributed by atoms with Crippen molar-refractivity contribution in [3.05, 3.63) is 96.1 Å². The van der Waals surface area contributed by atoms with Crippen LogP contribution in [0.3, 0.4) is 0 Å². The Hall–Kier alpha value is -3.41. The summed E-state index contributed by atoms with van der Waals surface area (Å²) in [5.41, 5.74) is 3.93. The first kappa shape index (κ1) is 23.7. The van der Waals surface area contributed by atoms with E-state index in [1.807, 2.05) is 60.7 Å². The summed E-state index contributed by atoms with van der Waals surface area (Å²) in [6.07, 6.45) is 12.2. The van der Waals surface area contributed by atoms with Crippen molar-refractivity contribution in [3.63, 3.8) is 0 Å². The summed E-state index contributed by atoms with van der Waals surface area (Å²) < 4.78 is 22.1. The predicted molar refractivity (Wildman–Crippen MR) is 134 cm³/mol. The van der Waals surface area contributed by atoms with Gasteiger partial charge in [0.15, 0.2) is 5.78 Å². The number of ether oxygens (including phenoxy) is 4. The Labute approximate surface area is 201 Å². The molecule has 34 heavy (non-hydrogen) atoms. The molecule has 0 amide bonds. The molecule has 2 saturated heterocycles. The van der Waals surface area contributed by atoms with E-state index in [1.165, 1.54) is 0 Å². The molecular formula is C29H30O5. The molecule has 2 aromatic carbocycles. The summed E-state index contributed by atoms with van der Waals surface area (Å²) in [6, 6.07) is 11.8. The molecule has 0 N–H and O–H groups in total. The van der Waals surface area contributed by atoms with Gasteiger partial charge in [-0.15, -0.1) is 13.2 Å². The van der Waals surface area contributed by atoms with Gasteiger partial charge in [0, 0.05) is 0 Å². The smallest absolute Gasteiger partial charge is 0.178 e. The molecule has 0 aromatic heterocycles. The number of carbonyl (C=O) groups excluding carboxylic acids is 1. The van der Waals surface area contributed by atoms with Crippen molar-refractivity contribution in [2.75, 3.05) is 26.4 Å². The van der Waals surface area contributed by atoms with Crippen LogP contribution in [0.4, 0.5) is 0 Å². The highest BCUT2D eigenvalue weighted by atomic mass is 16.6. The maximum absolute atomic E-state index is 12.4. The number of epoxide rings is 2. The Kier molecular flexibility index (Phi) is 8.12. The van der Waals surface area contributed by atoms with Gasteiger partial charge >= 0.3 is 0 Å². The number of carbonyl (C=O) groups is 1. The van der Waals surface area contributed by atoms with E-state index in [1.54, 1.807) is 12.2 Å². The topological polar surface area (TPSA) is 60.6 Å². The van der Waals surface area contributed by atoms with Gasteiger partial charge in [-0.2, -0.15) is 0 Å². The SMILES string of the molecule is C=CCc1cc(C=CC(=O)C=Cc2ccc(OCC3CO3)c(CC=C)c2)ccc1OCC1CO1. The van der Waals surface area contributed by atoms with Gasteiger partial charge in [-0.1, -0.05) is 36.4 Å². The Bertz CT molecular complexity index is 1000. The van der Waals surface area contributed by atoms with Gasteiger partial charge in [-0.05, 0) is 71.5 Å². The summed E-state index contributed by atoms with van der Waals surface area (Å²) in [6.45, 7) is 10.3. The second-order valence-electron chi connectivity index (χ2n) is 8.32. The second kappa shape index (κ2) is 11.6. The molecule has 0 radical (unpaired) electrons. The van der Waals surface area contributed by atoms with Crippen molar-refractivity contribution in [2.24, 2.45) is 0 Å². The molecular weight excluding hydrogens is 428 g/mol. The van der Waals surface area contributed by atoms with Crippen LogP contribution in [0.25, 0.3) is 12.2 Å². The molecule has 0 spiro atoms. The molecule has 176 valence electrons. The lowest BCUT2D eigenvalue weighted by atomic mass is 10.0. The highest BCUT2D eigenvalue weighted by Crippen LogP contribution is 2.25. The van der Waals surface area contributed by atoms with Crippen LogP contribution in [0.5, 0.6) is 11.5 Å². The summed E-state index contributed by atoms with van der Waals surface area (Å²) in [5, 5.41) is 0. The summed E-state index contributed by atoms with van der Waals surface area (Å²) in [4.78, 5) is 12.4. The van der Waals surface area contributed by atoms with Gasteiger partial charge in [0.05, 0.1) is 13.2 Å². The van der Waals surface area contributed by atoms with Crippen molar-refractivity contribution < 1.29 is 23.7 Å². The largest absolute Gasteiger partial charge is 0.490 e. The molecule has 2 aromatic rings. The number of benzene rings is 2. The zero-order valence-electron chi connectivity index (χ0n) is 19.3. The summed E-state index contributed by atoms with van der Waals surface area (Å²) >= 11 is 0. The zero-order chi connectivity index (χ0) is 23.8. The number of allylic oxidation sites excluding steroid dienone is 4. The first-order valence-corrected chi connectivity index (χ1v) is 11.5. The van der Waals surface area contributed by atoms with Crippen LogP contribution in [-0.2, 0) is 27.1 Å². The maximum atomic E-state index is 12.4. The van der Waals surface area contributed by atoms with Gasteiger partial charge < -0.3 is 18.9 Å². The lowest BCUT2D eigenvalue weighted by Gasteiger charge is -2.10. The van der Waals surface area contributed by atoms with E-state index in [4.69, 9.17) is 18.9 Å². The van der Waals surface area contributed by atoms with Crippen LogP contribution >= 0.6 is 0 Å². The Morgan fingerprint density at radius 3 is 1.65 bits per heavy atom. The summed E-state index contributed by atoms with van der Waals surface area (Å²) in [5.74, 6) is 1.56. The molecule has 0 saturated carbocycles. The fourth-order valence-electron chi connectivity index (χ4n) is 3.42. The van der Waals surface area contributed by atoms with Crippen molar-refractivity contribution in [3.8, 4) is 11.5 Å². The molecule has 2 heterocycles. The molecule has 5 heteroatoms. The van der Waals surface area contributed by atoms with E-state index in [-0.39, 0.29) is 18.0 Å². The average Bonchev–Trinajstić information content (AvgIpc) is 3.76. The Morgan fingerprint density at radius 1 is 0.824 bits per heavy atom. The lowest BCUT2D eigenvalue weighted by molar-refractivity contribution is -0.110. The van der Waals surface area contributed by atoms with Crippen LogP contribution in [0.15, 0.2) is 73.9 Å². The van der Waals surface area contributed by atoms with E-state index in [9.17, 15) is 4.79 Å². The number of ketones is 1. The van der Waals surface area contributed by atoms with E-state index >= 15 is 0 Å². The third-order valence-corrected chi connectivity index (χ3v) is 5.43. The lowest BCUT2D eigenvalue weighted by Crippen LogP contribution is -2.05. The van der Waals surface area contributed by atoms with Crippen LogP contribution in [0.2, 0.25) is 0 Å². The van der Waals surface area contributed by atoms with Gasteiger partial charge in [0.1, 0.15) is 36.9 Å². The highest BCUT2D eigenvalue weighted by molar-refractivity contribution is 6.04. The minimum atomic E-state index is -0.0899. The molecule has 2 atom stereocenters. The average molecular weight is 459 g/mol. The highest BCUT2D eigenvalue weighted by Gasteiger charge is 2.24. The Morgan fingerprint density at radius 2 is 1.26 bits per heavy atom. The quantitative estimate of drug-likeness (QED) is 0.227. The monoisotopic (exact) mass is 458 g/mol. The van der Waals surface area contributed by atoms with Crippen molar-refractivity contribution in [1.82, 2.24) is 0 Å². The van der Waals surface area contributed by atoms with Crippen molar-refractivity contribution in [2.45, 2.75) is 25.0 Å². The van der Waals surface area contributed by atoms with E-state index in [0.29, 0.717) is 26.1 Å². The number of rotatable bonds is 14. The molecule has 2 fully saturated rings. The molecule has 2 unspecified atom stereocenters. The fourth-order valence-corrected chi connectivity index (χ4v) is 3.42. The van der Waals surface area contributed by atoms with Gasteiger partial charge in [-0.3, -0.25) is 4.79 Å².